The number of thioether (sulfide) groups is 1. The standard InChI is InChI=1S/C15H16N2O3S2/c1-9(11-4-6-12(21-3)7-5-11)16-15(18)14-8-13(17(19)20)10(2)22-14/h4-9H,1-3H3,(H,16,18). The second-order valence-electron chi connectivity index (χ2n) is 4.78. The van der Waals surface area contributed by atoms with Gasteiger partial charge in [0.2, 0.25) is 0 Å². The topological polar surface area (TPSA) is 72.2 Å². The van der Waals surface area contributed by atoms with Crippen LogP contribution in [0.5, 0.6) is 0 Å². The van der Waals surface area contributed by atoms with Crippen molar-refractivity contribution in [1.82, 2.24) is 5.32 Å². The normalized spacial score (nSPS) is 12.0. The number of nitro groups is 1. The van der Waals surface area contributed by atoms with Crippen LogP contribution < -0.4 is 5.32 Å². The lowest BCUT2D eigenvalue weighted by atomic mass is 10.1. The number of hydrogen-bond donors (Lipinski definition) is 1. The van der Waals surface area contributed by atoms with Gasteiger partial charge in [0.1, 0.15) is 0 Å². The highest BCUT2D eigenvalue weighted by Gasteiger charge is 2.20. The highest BCUT2D eigenvalue weighted by molar-refractivity contribution is 7.98. The van der Waals surface area contributed by atoms with E-state index in [9.17, 15) is 14.9 Å². The minimum atomic E-state index is -0.465. The number of amides is 1. The predicted octanol–water partition coefficient (Wildman–Crippen LogP) is 4.18. The van der Waals surface area contributed by atoms with Gasteiger partial charge in [0.15, 0.2) is 0 Å². The molecular formula is C15H16N2O3S2. The monoisotopic (exact) mass is 336 g/mol. The summed E-state index contributed by atoms with van der Waals surface area (Å²) < 4.78 is 0. The molecule has 22 heavy (non-hydrogen) atoms. The molecule has 0 spiro atoms. The minimum Gasteiger partial charge on any atom is -0.345 e. The van der Waals surface area contributed by atoms with Crippen LogP contribution in [0, 0.1) is 17.0 Å². The Morgan fingerprint density at radius 1 is 1.36 bits per heavy atom. The molecule has 0 saturated heterocycles. The number of benzene rings is 1. The number of hydrogen-bond acceptors (Lipinski definition) is 5. The van der Waals surface area contributed by atoms with Crippen molar-refractivity contribution in [1.29, 1.82) is 0 Å². The van der Waals surface area contributed by atoms with Gasteiger partial charge in [-0.3, -0.25) is 14.9 Å². The van der Waals surface area contributed by atoms with Crippen LogP contribution >= 0.6 is 23.1 Å². The third-order valence-corrected chi connectivity index (χ3v) is 5.06. The second-order valence-corrected chi connectivity index (χ2v) is 6.91. The van der Waals surface area contributed by atoms with E-state index in [1.54, 1.807) is 18.7 Å². The maximum atomic E-state index is 12.2. The summed E-state index contributed by atoms with van der Waals surface area (Å²) in [6.07, 6.45) is 2.01. The molecule has 0 saturated carbocycles. The molecule has 0 fully saturated rings. The molecule has 0 radical (unpaired) electrons. The maximum absolute atomic E-state index is 12.2. The first-order chi connectivity index (χ1) is 10.4. The fourth-order valence-electron chi connectivity index (χ4n) is 2.01. The SMILES string of the molecule is CSc1ccc(C(C)NC(=O)c2cc([N+](=O)[O-])c(C)s2)cc1. The molecule has 7 heteroatoms. The molecule has 1 aromatic carbocycles. The van der Waals surface area contributed by atoms with E-state index in [1.807, 2.05) is 37.4 Å². The molecule has 5 nitrogen and oxygen atoms in total. The van der Waals surface area contributed by atoms with Crippen molar-refractivity contribution in [3.05, 3.63) is 55.8 Å². The van der Waals surface area contributed by atoms with E-state index in [0.717, 1.165) is 21.8 Å². The third-order valence-electron chi connectivity index (χ3n) is 3.28. The smallest absolute Gasteiger partial charge is 0.283 e. The van der Waals surface area contributed by atoms with E-state index in [0.29, 0.717) is 9.75 Å². The van der Waals surface area contributed by atoms with E-state index in [2.05, 4.69) is 5.32 Å². The lowest BCUT2D eigenvalue weighted by Gasteiger charge is -2.14. The van der Waals surface area contributed by atoms with Gasteiger partial charge in [-0.05, 0) is 37.8 Å². The molecule has 116 valence electrons. The van der Waals surface area contributed by atoms with Gasteiger partial charge in [0.25, 0.3) is 11.6 Å². The molecule has 2 rings (SSSR count). The molecule has 0 aliphatic rings. The summed E-state index contributed by atoms with van der Waals surface area (Å²) in [6.45, 7) is 3.53. The predicted molar refractivity (Wildman–Crippen MR) is 89.8 cm³/mol. The zero-order chi connectivity index (χ0) is 16.3. The Kier molecular flexibility index (Phi) is 5.20. The van der Waals surface area contributed by atoms with Crippen molar-refractivity contribution >= 4 is 34.7 Å². The third kappa shape index (κ3) is 3.66. The van der Waals surface area contributed by atoms with Gasteiger partial charge in [0, 0.05) is 11.0 Å². The molecule has 2 aromatic rings. The number of nitrogens with one attached hydrogen (secondary N) is 1. The van der Waals surface area contributed by atoms with Crippen molar-refractivity contribution in [3.63, 3.8) is 0 Å². The summed E-state index contributed by atoms with van der Waals surface area (Å²) in [4.78, 5) is 24.6. The van der Waals surface area contributed by atoms with E-state index in [4.69, 9.17) is 0 Å². The fourth-order valence-corrected chi connectivity index (χ4v) is 3.31. The van der Waals surface area contributed by atoms with Crippen LogP contribution in [0.4, 0.5) is 5.69 Å². The second kappa shape index (κ2) is 6.93. The van der Waals surface area contributed by atoms with E-state index in [1.165, 1.54) is 6.07 Å². The average molecular weight is 336 g/mol. The zero-order valence-corrected chi connectivity index (χ0v) is 14.1. The van der Waals surface area contributed by atoms with Crippen LogP contribution in [0.2, 0.25) is 0 Å². The van der Waals surface area contributed by atoms with Gasteiger partial charge in [0.05, 0.1) is 20.7 Å². The summed E-state index contributed by atoms with van der Waals surface area (Å²) in [5, 5.41) is 13.7. The Morgan fingerprint density at radius 2 is 2.00 bits per heavy atom. The number of thiophene rings is 1. The number of nitrogens with zero attached hydrogens (tertiary/aromatic N) is 1. The van der Waals surface area contributed by atoms with Gasteiger partial charge < -0.3 is 5.32 Å². The van der Waals surface area contributed by atoms with Crippen LogP contribution in [-0.4, -0.2) is 17.1 Å². The molecule has 0 aliphatic carbocycles. The van der Waals surface area contributed by atoms with Crippen molar-refractivity contribution in [2.45, 2.75) is 24.8 Å². The largest absolute Gasteiger partial charge is 0.345 e. The van der Waals surface area contributed by atoms with Crippen LogP contribution in [0.25, 0.3) is 0 Å². The molecule has 1 atom stereocenters. The zero-order valence-electron chi connectivity index (χ0n) is 12.5. The van der Waals surface area contributed by atoms with Crippen molar-refractivity contribution < 1.29 is 9.72 Å². The van der Waals surface area contributed by atoms with Crippen molar-refractivity contribution in [3.8, 4) is 0 Å². The molecule has 0 aliphatic heterocycles. The molecule has 1 N–H and O–H groups in total. The van der Waals surface area contributed by atoms with Crippen molar-refractivity contribution in [2.75, 3.05) is 6.26 Å². The lowest BCUT2D eigenvalue weighted by Crippen LogP contribution is -2.25. The number of carbonyl (C=O) groups excluding carboxylic acids is 1. The minimum absolute atomic E-state index is 0.00729. The van der Waals surface area contributed by atoms with E-state index < -0.39 is 4.92 Å². The fraction of sp³-hybridized carbons (Fsp3) is 0.267. The molecule has 1 heterocycles. The van der Waals surface area contributed by atoms with Gasteiger partial charge in [-0.1, -0.05) is 12.1 Å². The van der Waals surface area contributed by atoms with Gasteiger partial charge in [-0.15, -0.1) is 23.1 Å². The molecule has 1 amide bonds. The van der Waals surface area contributed by atoms with E-state index in [-0.39, 0.29) is 17.6 Å². The van der Waals surface area contributed by atoms with Crippen molar-refractivity contribution in [2.24, 2.45) is 0 Å². The van der Waals surface area contributed by atoms with Crippen LogP contribution in [-0.2, 0) is 0 Å². The first kappa shape index (κ1) is 16.5. The van der Waals surface area contributed by atoms with Gasteiger partial charge in [-0.25, -0.2) is 0 Å². The van der Waals surface area contributed by atoms with Gasteiger partial charge >= 0.3 is 0 Å². The Bertz CT molecular complexity index is 695. The van der Waals surface area contributed by atoms with Crippen LogP contribution in [0.1, 0.15) is 33.1 Å². The first-order valence-corrected chi connectivity index (χ1v) is 8.66. The Hall–Kier alpha value is -1.86. The summed E-state index contributed by atoms with van der Waals surface area (Å²) in [5.74, 6) is -0.289. The Labute approximate surface area is 136 Å². The summed E-state index contributed by atoms with van der Waals surface area (Å²) in [6, 6.07) is 9.12. The molecular weight excluding hydrogens is 320 g/mol. The Morgan fingerprint density at radius 3 is 2.50 bits per heavy atom. The first-order valence-electron chi connectivity index (χ1n) is 6.62. The summed E-state index contributed by atoms with van der Waals surface area (Å²) in [5.41, 5.74) is 0.987. The van der Waals surface area contributed by atoms with Gasteiger partial charge in [-0.2, -0.15) is 0 Å². The lowest BCUT2D eigenvalue weighted by molar-refractivity contribution is -0.385. The maximum Gasteiger partial charge on any atom is 0.283 e. The number of rotatable bonds is 5. The molecule has 1 aromatic heterocycles. The molecule has 0 bridgehead atoms. The Balaban J connectivity index is 2.10. The average Bonchev–Trinajstić information content (AvgIpc) is 2.89. The number of aryl methyl sites for hydroxylation is 1. The highest BCUT2D eigenvalue weighted by Crippen LogP contribution is 2.28. The quantitative estimate of drug-likeness (QED) is 0.505. The van der Waals surface area contributed by atoms with Crippen LogP contribution in [0.3, 0.4) is 0 Å². The molecule has 1 unspecified atom stereocenters. The van der Waals surface area contributed by atoms with Crippen LogP contribution in [0.15, 0.2) is 35.2 Å². The summed E-state index contributed by atoms with van der Waals surface area (Å²) in [7, 11) is 0. The summed E-state index contributed by atoms with van der Waals surface area (Å²) >= 11 is 2.79. The number of carbonyl (C=O) groups is 1. The highest BCUT2D eigenvalue weighted by atomic mass is 32.2. The van der Waals surface area contributed by atoms with E-state index >= 15 is 0 Å².